The molecule has 2 aromatic heterocycles. The van der Waals surface area contributed by atoms with E-state index in [9.17, 15) is 9.90 Å². The van der Waals surface area contributed by atoms with Crippen LogP contribution in [-0.4, -0.2) is 44.0 Å². The van der Waals surface area contributed by atoms with E-state index in [1.54, 1.807) is 22.9 Å². The van der Waals surface area contributed by atoms with Crippen LogP contribution >= 0.6 is 23.2 Å². The lowest BCUT2D eigenvalue weighted by Crippen LogP contribution is -2.39. The normalized spacial score (nSPS) is 16.8. The van der Waals surface area contributed by atoms with E-state index in [0.29, 0.717) is 34.5 Å². The highest BCUT2D eigenvalue weighted by atomic mass is 35.5. The van der Waals surface area contributed by atoms with E-state index >= 15 is 0 Å². The first-order chi connectivity index (χ1) is 14.5. The Morgan fingerprint density at radius 2 is 2.10 bits per heavy atom. The maximum atomic E-state index is 13.3. The van der Waals surface area contributed by atoms with Gasteiger partial charge in [0.05, 0.1) is 46.2 Å². The summed E-state index contributed by atoms with van der Waals surface area (Å²) in [6, 6.07) is 6.55. The number of aryl methyl sites for hydroxylation is 1. The number of hydrogen-bond donors (Lipinski definition) is 1. The summed E-state index contributed by atoms with van der Waals surface area (Å²) in [6.07, 6.45) is 4.51. The van der Waals surface area contributed by atoms with E-state index in [0.717, 1.165) is 36.2 Å². The molecule has 0 saturated carbocycles. The van der Waals surface area contributed by atoms with E-state index in [1.807, 2.05) is 24.1 Å². The third-order valence-electron chi connectivity index (χ3n) is 5.26. The summed E-state index contributed by atoms with van der Waals surface area (Å²) < 4.78 is 7.16. The second kappa shape index (κ2) is 8.79. The number of aliphatic hydroxyl groups excluding tert-OH is 1. The summed E-state index contributed by atoms with van der Waals surface area (Å²) in [4.78, 5) is 15.2. The van der Waals surface area contributed by atoms with E-state index < -0.39 is 0 Å². The van der Waals surface area contributed by atoms with Crippen LogP contribution in [0.25, 0.3) is 11.3 Å². The van der Waals surface area contributed by atoms with Crippen molar-refractivity contribution in [2.75, 3.05) is 13.2 Å². The summed E-state index contributed by atoms with van der Waals surface area (Å²) in [5.74, 6) is 0.480. The maximum absolute atomic E-state index is 13.3. The number of nitrogens with zero attached hydrogens (tertiary/aromatic N) is 4. The van der Waals surface area contributed by atoms with Crippen LogP contribution < -0.4 is 0 Å². The van der Waals surface area contributed by atoms with Gasteiger partial charge in [-0.15, -0.1) is 0 Å². The van der Waals surface area contributed by atoms with Crippen molar-refractivity contribution >= 4 is 29.1 Å². The molecule has 3 aromatic rings. The zero-order valence-electron chi connectivity index (χ0n) is 16.5. The summed E-state index contributed by atoms with van der Waals surface area (Å²) in [5.41, 5.74) is 2.77. The highest BCUT2D eigenvalue weighted by molar-refractivity contribution is 6.42. The summed E-state index contributed by atoms with van der Waals surface area (Å²) >= 11 is 12.1. The van der Waals surface area contributed by atoms with Gasteiger partial charge in [-0.25, -0.2) is 0 Å². The van der Waals surface area contributed by atoms with Crippen molar-refractivity contribution in [3.63, 3.8) is 0 Å². The standard InChI is InChI=1S/C21H22Cl2N4O3/c1-13-10-19(30-25-13)15-12-26(8-9-28)24-20(15)18-4-2-3-7-27(18)21(29)14-5-6-16(22)17(23)11-14/h5-6,10-12,18,28H,2-4,7-9H2,1H3/t18-/m1/s1. The fourth-order valence-corrected chi connectivity index (χ4v) is 4.13. The van der Waals surface area contributed by atoms with Gasteiger partial charge < -0.3 is 14.5 Å². The van der Waals surface area contributed by atoms with Gasteiger partial charge in [-0.2, -0.15) is 5.10 Å². The molecule has 1 amide bonds. The molecule has 1 aliphatic heterocycles. The number of halogens is 2. The Bertz CT molecular complexity index is 1060. The van der Waals surface area contributed by atoms with Crippen LogP contribution in [0.1, 0.15) is 47.1 Å². The topological polar surface area (TPSA) is 84.4 Å². The van der Waals surface area contributed by atoms with E-state index in [4.69, 9.17) is 32.8 Å². The number of piperidine rings is 1. The van der Waals surface area contributed by atoms with E-state index in [-0.39, 0.29) is 18.6 Å². The number of carbonyl (C=O) groups excluding carboxylic acids is 1. The average molecular weight is 449 g/mol. The predicted molar refractivity (Wildman–Crippen MR) is 114 cm³/mol. The van der Waals surface area contributed by atoms with Crippen molar-refractivity contribution in [2.45, 2.75) is 38.8 Å². The van der Waals surface area contributed by atoms with Crippen LogP contribution in [0.5, 0.6) is 0 Å². The molecule has 0 radical (unpaired) electrons. The van der Waals surface area contributed by atoms with Crippen molar-refractivity contribution in [3.05, 3.63) is 57.5 Å². The van der Waals surface area contributed by atoms with Crippen LogP contribution in [0.2, 0.25) is 10.0 Å². The van der Waals surface area contributed by atoms with Crippen LogP contribution in [0, 0.1) is 6.92 Å². The third-order valence-corrected chi connectivity index (χ3v) is 6.00. The molecule has 158 valence electrons. The molecule has 4 rings (SSSR count). The lowest BCUT2D eigenvalue weighted by Gasteiger charge is -2.35. The summed E-state index contributed by atoms with van der Waals surface area (Å²) in [6.45, 7) is 2.79. The Morgan fingerprint density at radius 1 is 1.27 bits per heavy atom. The number of carbonyl (C=O) groups is 1. The van der Waals surface area contributed by atoms with Crippen LogP contribution in [0.15, 0.2) is 35.0 Å². The predicted octanol–water partition coefficient (Wildman–Crippen LogP) is 4.51. The van der Waals surface area contributed by atoms with Gasteiger partial charge >= 0.3 is 0 Å². The van der Waals surface area contributed by atoms with Crippen molar-refractivity contribution in [2.24, 2.45) is 0 Å². The first kappa shape index (κ1) is 20.9. The number of hydrogen-bond acceptors (Lipinski definition) is 5. The first-order valence-electron chi connectivity index (χ1n) is 9.86. The zero-order valence-corrected chi connectivity index (χ0v) is 18.0. The molecule has 0 bridgehead atoms. The number of aliphatic hydroxyl groups is 1. The minimum Gasteiger partial charge on any atom is -0.394 e. The molecule has 1 N–H and O–H groups in total. The van der Waals surface area contributed by atoms with Crippen molar-refractivity contribution in [3.8, 4) is 11.3 Å². The second-order valence-electron chi connectivity index (χ2n) is 7.39. The minimum atomic E-state index is -0.221. The van der Waals surface area contributed by atoms with Gasteiger partial charge in [-0.1, -0.05) is 28.4 Å². The molecular formula is C21H22Cl2N4O3. The number of aromatic nitrogens is 3. The number of likely N-dealkylation sites (tertiary alicyclic amines) is 1. The third kappa shape index (κ3) is 4.10. The molecule has 0 unspecified atom stereocenters. The number of amides is 1. The Kier molecular flexibility index (Phi) is 6.13. The van der Waals surface area contributed by atoms with Gasteiger partial charge in [0.1, 0.15) is 0 Å². The number of rotatable bonds is 5. The molecule has 1 saturated heterocycles. The molecular weight excluding hydrogens is 427 g/mol. The largest absolute Gasteiger partial charge is 0.394 e. The number of benzene rings is 1. The average Bonchev–Trinajstić information content (AvgIpc) is 3.36. The van der Waals surface area contributed by atoms with Crippen molar-refractivity contribution in [1.82, 2.24) is 19.8 Å². The fraction of sp³-hybridized carbons (Fsp3) is 0.381. The van der Waals surface area contributed by atoms with Gasteiger partial charge in [0.15, 0.2) is 5.76 Å². The van der Waals surface area contributed by atoms with Crippen LogP contribution in [0.4, 0.5) is 0 Å². The highest BCUT2D eigenvalue weighted by Gasteiger charge is 2.33. The molecule has 1 fully saturated rings. The lowest BCUT2D eigenvalue weighted by atomic mass is 9.95. The van der Waals surface area contributed by atoms with Crippen LogP contribution in [0.3, 0.4) is 0 Å². The molecule has 1 aliphatic rings. The second-order valence-corrected chi connectivity index (χ2v) is 8.20. The van der Waals surface area contributed by atoms with Crippen LogP contribution in [-0.2, 0) is 6.54 Å². The Balaban J connectivity index is 1.73. The van der Waals surface area contributed by atoms with Gasteiger partial charge in [0, 0.05) is 24.4 Å². The highest BCUT2D eigenvalue weighted by Crippen LogP contribution is 2.37. The lowest BCUT2D eigenvalue weighted by molar-refractivity contribution is 0.0605. The quantitative estimate of drug-likeness (QED) is 0.620. The minimum absolute atomic E-state index is 0.0351. The Hall–Kier alpha value is -2.35. The molecule has 3 heterocycles. The molecule has 0 spiro atoms. The molecule has 9 heteroatoms. The monoisotopic (exact) mass is 448 g/mol. The van der Waals surface area contributed by atoms with Gasteiger partial charge in [-0.3, -0.25) is 9.48 Å². The van der Waals surface area contributed by atoms with Crippen molar-refractivity contribution < 1.29 is 14.4 Å². The summed E-state index contributed by atoms with van der Waals surface area (Å²) in [7, 11) is 0. The van der Waals surface area contributed by atoms with Gasteiger partial charge in [0.2, 0.25) is 0 Å². The van der Waals surface area contributed by atoms with Gasteiger partial charge in [0.25, 0.3) is 5.91 Å². The summed E-state index contributed by atoms with van der Waals surface area (Å²) in [5, 5.41) is 18.8. The van der Waals surface area contributed by atoms with Gasteiger partial charge in [-0.05, 0) is 44.4 Å². The maximum Gasteiger partial charge on any atom is 0.254 e. The Morgan fingerprint density at radius 3 is 2.80 bits per heavy atom. The molecule has 7 nitrogen and oxygen atoms in total. The molecule has 30 heavy (non-hydrogen) atoms. The smallest absolute Gasteiger partial charge is 0.254 e. The first-order valence-corrected chi connectivity index (χ1v) is 10.6. The fourth-order valence-electron chi connectivity index (χ4n) is 3.83. The van der Waals surface area contributed by atoms with E-state index in [1.165, 1.54) is 0 Å². The molecule has 1 aromatic carbocycles. The SMILES string of the molecule is Cc1cc(-c2cn(CCO)nc2[C@H]2CCCCN2C(=O)c2ccc(Cl)c(Cl)c2)on1. The molecule has 0 aliphatic carbocycles. The van der Waals surface area contributed by atoms with Crippen molar-refractivity contribution in [1.29, 1.82) is 0 Å². The van der Waals surface area contributed by atoms with E-state index in [2.05, 4.69) is 5.16 Å². The molecule has 1 atom stereocenters. The zero-order chi connectivity index (χ0) is 21.3. The Labute approximate surface area is 184 Å².